The molecule has 0 heterocycles. The van der Waals surface area contributed by atoms with Crippen molar-refractivity contribution in [2.75, 3.05) is 6.54 Å². The number of carbonyl (C=O) groups is 4. The van der Waals surface area contributed by atoms with Gasteiger partial charge in [0.25, 0.3) is 0 Å². The summed E-state index contributed by atoms with van der Waals surface area (Å²) >= 11 is 0. The van der Waals surface area contributed by atoms with Crippen LogP contribution in [0.2, 0.25) is 0 Å². The number of benzene rings is 3. The van der Waals surface area contributed by atoms with Gasteiger partial charge in [-0.2, -0.15) is 0 Å². The molecule has 3 amide bonds. The largest absolute Gasteiger partial charge is 0.480 e. The van der Waals surface area contributed by atoms with Crippen LogP contribution in [0, 0.1) is 11.8 Å². The fourth-order valence-electron chi connectivity index (χ4n) is 5.03. The van der Waals surface area contributed by atoms with Gasteiger partial charge in [-0.1, -0.05) is 93.6 Å². The van der Waals surface area contributed by atoms with Gasteiger partial charge in [0, 0.05) is 12.5 Å². The number of hydrogen-bond acceptors (Lipinski definition) is 5. The molecule has 4 atom stereocenters. The minimum absolute atomic E-state index is 0.0423. The average Bonchev–Trinajstić information content (AvgIpc) is 2.98. The average molecular weight is 590 g/mol. The molecule has 9 heteroatoms. The quantitative estimate of drug-likeness (QED) is 0.173. The Morgan fingerprint density at radius 3 is 2.19 bits per heavy atom. The molecule has 0 fully saturated rings. The molecule has 230 valence electrons. The molecule has 0 unspecified atom stereocenters. The lowest BCUT2D eigenvalue weighted by atomic mass is 9.91. The molecule has 0 radical (unpaired) electrons. The highest BCUT2D eigenvalue weighted by Crippen LogP contribution is 2.20. The van der Waals surface area contributed by atoms with Gasteiger partial charge in [-0.3, -0.25) is 14.4 Å². The van der Waals surface area contributed by atoms with Crippen LogP contribution < -0.4 is 16.0 Å². The van der Waals surface area contributed by atoms with Crippen LogP contribution in [0.3, 0.4) is 0 Å². The third-order valence-electron chi connectivity index (χ3n) is 7.44. The highest BCUT2D eigenvalue weighted by Gasteiger charge is 2.30. The molecule has 3 aromatic rings. The van der Waals surface area contributed by atoms with Crippen LogP contribution in [0.25, 0.3) is 10.8 Å². The number of amides is 3. The summed E-state index contributed by atoms with van der Waals surface area (Å²) in [5, 5.41) is 31.0. The third-order valence-corrected chi connectivity index (χ3v) is 7.44. The van der Waals surface area contributed by atoms with Gasteiger partial charge in [-0.15, -0.1) is 0 Å². The Labute approximate surface area is 253 Å². The van der Waals surface area contributed by atoms with E-state index in [-0.39, 0.29) is 31.1 Å². The fraction of sp³-hybridized carbons (Fsp3) is 0.412. The van der Waals surface area contributed by atoms with Crippen molar-refractivity contribution < 1.29 is 29.4 Å². The van der Waals surface area contributed by atoms with Crippen LogP contribution >= 0.6 is 0 Å². The van der Waals surface area contributed by atoms with E-state index < -0.39 is 48.3 Å². The summed E-state index contributed by atoms with van der Waals surface area (Å²) in [5.74, 6) is -2.81. The maximum absolute atomic E-state index is 13.1. The first-order valence-corrected chi connectivity index (χ1v) is 14.8. The summed E-state index contributed by atoms with van der Waals surface area (Å²) in [6, 6.07) is 20.2. The number of carbonyl (C=O) groups excluding carboxylic acids is 3. The van der Waals surface area contributed by atoms with Crippen molar-refractivity contribution in [1.29, 1.82) is 0 Å². The lowest BCUT2D eigenvalue weighted by Gasteiger charge is -2.28. The highest BCUT2D eigenvalue weighted by atomic mass is 16.4. The molecule has 0 bridgehead atoms. The van der Waals surface area contributed by atoms with Crippen molar-refractivity contribution in [1.82, 2.24) is 16.0 Å². The van der Waals surface area contributed by atoms with Gasteiger partial charge < -0.3 is 26.2 Å². The number of aliphatic hydroxyl groups excluding tert-OH is 1. The maximum atomic E-state index is 13.1. The van der Waals surface area contributed by atoms with Gasteiger partial charge in [-0.25, -0.2) is 4.79 Å². The number of hydrogen-bond donors (Lipinski definition) is 5. The van der Waals surface area contributed by atoms with Crippen molar-refractivity contribution in [2.45, 2.75) is 71.1 Å². The molecule has 3 aromatic carbocycles. The summed E-state index contributed by atoms with van der Waals surface area (Å²) in [4.78, 5) is 50.7. The summed E-state index contributed by atoms with van der Waals surface area (Å²) in [6.45, 7) is 6.39. The molecule has 0 aromatic heterocycles. The summed E-state index contributed by atoms with van der Waals surface area (Å²) < 4.78 is 0. The van der Waals surface area contributed by atoms with Gasteiger partial charge in [0.1, 0.15) is 6.04 Å². The summed E-state index contributed by atoms with van der Waals surface area (Å²) in [7, 11) is 0. The van der Waals surface area contributed by atoms with Crippen molar-refractivity contribution >= 4 is 34.5 Å². The number of aliphatic hydroxyl groups is 1. The van der Waals surface area contributed by atoms with E-state index in [1.54, 1.807) is 0 Å². The number of carboxylic acids is 1. The van der Waals surface area contributed by atoms with Crippen LogP contribution in [-0.2, 0) is 32.0 Å². The van der Waals surface area contributed by atoms with E-state index in [2.05, 4.69) is 16.0 Å². The zero-order valence-corrected chi connectivity index (χ0v) is 25.1. The van der Waals surface area contributed by atoms with E-state index in [9.17, 15) is 29.4 Å². The Balaban J connectivity index is 1.68. The maximum Gasteiger partial charge on any atom is 0.326 e. The zero-order chi connectivity index (χ0) is 31.4. The number of aliphatic carboxylic acids is 1. The first-order chi connectivity index (χ1) is 20.6. The first-order valence-electron chi connectivity index (χ1n) is 14.8. The molecular formula is C34H43N3O6. The van der Waals surface area contributed by atoms with Crippen molar-refractivity contribution in [2.24, 2.45) is 11.8 Å². The molecule has 0 aliphatic rings. The van der Waals surface area contributed by atoms with Gasteiger partial charge in [0.15, 0.2) is 0 Å². The predicted octanol–water partition coefficient (Wildman–Crippen LogP) is 3.62. The van der Waals surface area contributed by atoms with Crippen LogP contribution in [0.4, 0.5) is 0 Å². The molecule has 0 aliphatic heterocycles. The second-order valence-electron chi connectivity index (χ2n) is 11.4. The van der Waals surface area contributed by atoms with E-state index >= 15 is 0 Å². The fourth-order valence-corrected chi connectivity index (χ4v) is 5.03. The van der Waals surface area contributed by atoms with Crippen molar-refractivity contribution in [3.63, 3.8) is 0 Å². The van der Waals surface area contributed by atoms with Crippen LogP contribution in [0.5, 0.6) is 0 Å². The second kappa shape index (κ2) is 16.4. The van der Waals surface area contributed by atoms with E-state index in [1.165, 1.54) is 0 Å². The third kappa shape index (κ3) is 10.5. The Hall–Kier alpha value is -4.24. The van der Waals surface area contributed by atoms with Gasteiger partial charge >= 0.3 is 5.97 Å². The number of rotatable bonds is 16. The molecule has 43 heavy (non-hydrogen) atoms. The first kappa shape index (κ1) is 33.3. The lowest BCUT2D eigenvalue weighted by Crippen LogP contribution is -2.50. The molecule has 0 aliphatic carbocycles. The lowest BCUT2D eigenvalue weighted by molar-refractivity contribution is -0.143. The molecule has 0 saturated carbocycles. The highest BCUT2D eigenvalue weighted by molar-refractivity contribution is 5.93. The summed E-state index contributed by atoms with van der Waals surface area (Å²) in [5.41, 5.74) is 1.61. The number of fused-ring (bicyclic) bond motifs is 1. The standard InChI is InChI=1S/C34H43N3O6/c1-4-24(33(41)35-21-22(2)3)18-30(38)28(17-23-11-6-5-7-12-23)36-32(40)20-29(34(42)43)37-31(39)19-26-15-10-14-25-13-8-9-16-27(25)26/h5-16,22,24,28-30,38H,4,17-21H2,1-3H3,(H,35,41)(H,36,40)(H,37,39)(H,42,43)/t24-,28+,29+,30+/m1/s1. The topological polar surface area (TPSA) is 145 Å². The van der Waals surface area contributed by atoms with Crippen LogP contribution in [0.1, 0.15) is 51.2 Å². The molecule has 9 nitrogen and oxygen atoms in total. The number of nitrogens with one attached hydrogen (secondary N) is 3. The Morgan fingerprint density at radius 2 is 1.51 bits per heavy atom. The minimum atomic E-state index is -1.46. The SMILES string of the molecule is CC[C@H](C[C@H](O)[C@H](Cc1ccccc1)NC(=O)C[C@H](NC(=O)Cc1cccc2ccccc12)C(=O)O)C(=O)NCC(C)C. The summed E-state index contributed by atoms with van der Waals surface area (Å²) in [6.07, 6.45) is -0.703. The number of carboxylic acid groups (broad SMARTS) is 1. The minimum Gasteiger partial charge on any atom is -0.480 e. The van der Waals surface area contributed by atoms with Crippen LogP contribution in [-0.4, -0.2) is 58.6 Å². The van der Waals surface area contributed by atoms with E-state index in [0.29, 0.717) is 13.0 Å². The molecule has 5 N–H and O–H groups in total. The van der Waals surface area contributed by atoms with Crippen molar-refractivity contribution in [3.8, 4) is 0 Å². The molecule has 0 spiro atoms. The second-order valence-corrected chi connectivity index (χ2v) is 11.4. The molecular weight excluding hydrogens is 546 g/mol. The van der Waals surface area contributed by atoms with Gasteiger partial charge in [-0.05, 0) is 47.1 Å². The monoisotopic (exact) mass is 589 g/mol. The normalized spacial score (nSPS) is 14.0. The van der Waals surface area contributed by atoms with Crippen molar-refractivity contribution in [3.05, 3.63) is 83.9 Å². The van der Waals surface area contributed by atoms with E-state index in [1.807, 2.05) is 93.6 Å². The molecule has 3 rings (SSSR count). The smallest absolute Gasteiger partial charge is 0.326 e. The molecule has 0 saturated heterocycles. The predicted molar refractivity (Wildman–Crippen MR) is 166 cm³/mol. The van der Waals surface area contributed by atoms with Gasteiger partial charge in [0.2, 0.25) is 17.7 Å². The zero-order valence-electron chi connectivity index (χ0n) is 25.1. The van der Waals surface area contributed by atoms with E-state index in [4.69, 9.17) is 0 Å². The van der Waals surface area contributed by atoms with E-state index in [0.717, 1.165) is 21.9 Å². The Morgan fingerprint density at radius 1 is 0.837 bits per heavy atom. The Bertz CT molecular complexity index is 1370. The van der Waals surface area contributed by atoms with Crippen LogP contribution in [0.15, 0.2) is 72.8 Å². The van der Waals surface area contributed by atoms with Gasteiger partial charge in [0.05, 0.1) is 25.0 Å². The Kier molecular flexibility index (Phi) is 12.7.